The highest BCUT2D eigenvalue weighted by atomic mass is 32.2. The third kappa shape index (κ3) is 4.58. The minimum atomic E-state index is -3.74. The van der Waals surface area contributed by atoms with E-state index in [4.69, 9.17) is 4.74 Å². The van der Waals surface area contributed by atoms with Crippen molar-refractivity contribution in [2.75, 3.05) is 13.7 Å². The number of rotatable bonds is 7. The first-order valence-electron chi connectivity index (χ1n) is 7.92. The summed E-state index contributed by atoms with van der Waals surface area (Å²) in [4.78, 5) is 12.4. The number of hydrogen-bond donors (Lipinski definition) is 2. The number of sulfonamides is 1. The standard InChI is InChI=1S/C18H22N2O4S/c1-4-19-25(22,23)17-12-15(10-11-16(17)24-3)18(21)20-13(2)14-8-6-5-7-9-14/h5-13,19H,4H2,1-3H3,(H,20,21)/t13-/m1/s1. The van der Waals surface area contributed by atoms with Gasteiger partial charge in [-0.05, 0) is 30.7 Å². The Bertz CT molecular complexity index is 835. The number of methoxy groups -OCH3 is 1. The molecule has 0 aliphatic rings. The van der Waals surface area contributed by atoms with E-state index >= 15 is 0 Å². The first kappa shape index (κ1) is 19.0. The number of amides is 1. The molecular weight excluding hydrogens is 340 g/mol. The number of hydrogen-bond acceptors (Lipinski definition) is 4. The van der Waals surface area contributed by atoms with Crippen LogP contribution in [0.5, 0.6) is 5.75 Å². The summed E-state index contributed by atoms with van der Waals surface area (Å²) in [6, 6.07) is 13.7. The molecule has 0 unspecified atom stereocenters. The lowest BCUT2D eigenvalue weighted by molar-refractivity contribution is 0.0939. The van der Waals surface area contributed by atoms with E-state index in [1.165, 1.54) is 25.3 Å². The Labute approximate surface area is 148 Å². The van der Waals surface area contributed by atoms with E-state index in [0.29, 0.717) is 0 Å². The average Bonchev–Trinajstić information content (AvgIpc) is 2.61. The summed E-state index contributed by atoms with van der Waals surface area (Å²) in [5.74, 6) is -0.166. The second-order valence-corrected chi connectivity index (χ2v) is 7.21. The second-order valence-electron chi connectivity index (χ2n) is 5.47. The molecular formula is C18H22N2O4S. The topological polar surface area (TPSA) is 84.5 Å². The van der Waals surface area contributed by atoms with Crippen molar-refractivity contribution in [1.29, 1.82) is 0 Å². The molecule has 25 heavy (non-hydrogen) atoms. The van der Waals surface area contributed by atoms with Gasteiger partial charge in [-0.2, -0.15) is 0 Å². The molecule has 0 radical (unpaired) electrons. The molecule has 0 spiro atoms. The van der Waals surface area contributed by atoms with Crippen molar-refractivity contribution in [1.82, 2.24) is 10.0 Å². The molecule has 0 fully saturated rings. The van der Waals surface area contributed by atoms with Gasteiger partial charge in [-0.25, -0.2) is 13.1 Å². The fraction of sp³-hybridized carbons (Fsp3) is 0.278. The predicted molar refractivity (Wildman–Crippen MR) is 96.2 cm³/mol. The van der Waals surface area contributed by atoms with E-state index in [0.717, 1.165) is 5.56 Å². The molecule has 7 heteroatoms. The molecule has 0 saturated carbocycles. The highest BCUT2D eigenvalue weighted by molar-refractivity contribution is 7.89. The molecule has 2 aromatic carbocycles. The van der Waals surface area contributed by atoms with Gasteiger partial charge in [-0.3, -0.25) is 4.79 Å². The van der Waals surface area contributed by atoms with Crippen molar-refractivity contribution in [3.63, 3.8) is 0 Å². The average molecular weight is 362 g/mol. The molecule has 6 nitrogen and oxygen atoms in total. The van der Waals surface area contributed by atoms with Crippen LogP contribution in [0.1, 0.15) is 35.8 Å². The fourth-order valence-electron chi connectivity index (χ4n) is 2.40. The van der Waals surface area contributed by atoms with Crippen molar-refractivity contribution in [3.8, 4) is 5.75 Å². The molecule has 0 aliphatic heterocycles. The van der Waals surface area contributed by atoms with Gasteiger partial charge in [0.05, 0.1) is 13.2 Å². The van der Waals surface area contributed by atoms with E-state index in [9.17, 15) is 13.2 Å². The summed E-state index contributed by atoms with van der Waals surface area (Å²) < 4.78 is 32.1. The molecule has 2 N–H and O–H groups in total. The van der Waals surface area contributed by atoms with Crippen LogP contribution in [0.3, 0.4) is 0 Å². The predicted octanol–water partition coefficient (Wildman–Crippen LogP) is 2.48. The van der Waals surface area contributed by atoms with E-state index in [1.54, 1.807) is 6.92 Å². The Morgan fingerprint density at radius 2 is 1.84 bits per heavy atom. The smallest absolute Gasteiger partial charge is 0.251 e. The minimum absolute atomic E-state index is 0.0585. The van der Waals surface area contributed by atoms with E-state index in [-0.39, 0.29) is 34.7 Å². The molecule has 0 aromatic heterocycles. The Morgan fingerprint density at radius 1 is 1.16 bits per heavy atom. The van der Waals surface area contributed by atoms with Crippen molar-refractivity contribution >= 4 is 15.9 Å². The number of ether oxygens (including phenoxy) is 1. The van der Waals surface area contributed by atoms with Gasteiger partial charge in [0.2, 0.25) is 10.0 Å². The maximum atomic E-state index is 12.5. The van der Waals surface area contributed by atoms with Crippen molar-refractivity contribution < 1.29 is 17.9 Å². The Morgan fingerprint density at radius 3 is 2.44 bits per heavy atom. The molecule has 2 rings (SSSR count). The van der Waals surface area contributed by atoms with Crippen LogP contribution in [-0.4, -0.2) is 28.0 Å². The fourth-order valence-corrected chi connectivity index (χ4v) is 3.63. The van der Waals surface area contributed by atoms with Crippen molar-refractivity contribution in [3.05, 3.63) is 59.7 Å². The Balaban J connectivity index is 2.29. The molecule has 2 aromatic rings. The van der Waals surface area contributed by atoms with Gasteiger partial charge in [0, 0.05) is 12.1 Å². The zero-order valence-electron chi connectivity index (χ0n) is 14.4. The third-order valence-corrected chi connectivity index (χ3v) is 5.26. The summed E-state index contributed by atoms with van der Waals surface area (Å²) in [6.45, 7) is 3.79. The van der Waals surface area contributed by atoms with Gasteiger partial charge < -0.3 is 10.1 Å². The maximum Gasteiger partial charge on any atom is 0.251 e. The summed E-state index contributed by atoms with van der Waals surface area (Å²) in [6.07, 6.45) is 0. The molecule has 0 aliphatic carbocycles. The number of nitrogens with one attached hydrogen (secondary N) is 2. The van der Waals surface area contributed by atoms with Crippen LogP contribution >= 0.6 is 0 Å². The van der Waals surface area contributed by atoms with Gasteiger partial charge in [0.25, 0.3) is 5.91 Å². The highest BCUT2D eigenvalue weighted by Crippen LogP contribution is 2.25. The lowest BCUT2D eigenvalue weighted by Crippen LogP contribution is -2.28. The third-order valence-electron chi connectivity index (χ3n) is 3.70. The van der Waals surface area contributed by atoms with Crippen LogP contribution in [0.2, 0.25) is 0 Å². The van der Waals surface area contributed by atoms with Gasteiger partial charge in [0.1, 0.15) is 10.6 Å². The SMILES string of the molecule is CCNS(=O)(=O)c1cc(C(=O)N[C@H](C)c2ccccc2)ccc1OC. The normalized spacial score (nSPS) is 12.4. The van der Waals surface area contributed by atoms with Crippen LogP contribution in [0.15, 0.2) is 53.4 Å². The molecule has 1 atom stereocenters. The number of benzene rings is 2. The Hall–Kier alpha value is -2.38. The number of carbonyl (C=O) groups is 1. The van der Waals surface area contributed by atoms with E-state index in [1.807, 2.05) is 37.3 Å². The highest BCUT2D eigenvalue weighted by Gasteiger charge is 2.21. The molecule has 0 bridgehead atoms. The van der Waals surface area contributed by atoms with Gasteiger partial charge >= 0.3 is 0 Å². The van der Waals surface area contributed by atoms with Crippen LogP contribution in [0.4, 0.5) is 0 Å². The van der Waals surface area contributed by atoms with Crippen LogP contribution in [0, 0.1) is 0 Å². The first-order chi connectivity index (χ1) is 11.9. The molecule has 0 saturated heterocycles. The van der Waals surface area contributed by atoms with E-state index < -0.39 is 10.0 Å². The summed E-state index contributed by atoms with van der Waals surface area (Å²) in [5, 5.41) is 2.87. The largest absolute Gasteiger partial charge is 0.495 e. The van der Waals surface area contributed by atoms with Crippen molar-refractivity contribution in [2.45, 2.75) is 24.8 Å². The summed E-state index contributed by atoms with van der Waals surface area (Å²) in [5.41, 5.74) is 1.21. The van der Waals surface area contributed by atoms with Crippen molar-refractivity contribution in [2.24, 2.45) is 0 Å². The summed E-state index contributed by atoms with van der Waals surface area (Å²) in [7, 11) is -2.36. The maximum absolute atomic E-state index is 12.5. The van der Waals surface area contributed by atoms with Crippen LogP contribution < -0.4 is 14.8 Å². The molecule has 1 amide bonds. The van der Waals surface area contributed by atoms with E-state index in [2.05, 4.69) is 10.0 Å². The lowest BCUT2D eigenvalue weighted by atomic mass is 10.1. The number of carbonyl (C=O) groups excluding carboxylic acids is 1. The zero-order valence-corrected chi connectivity index (χ0v) is 15.3. The van der Waals surface area contributed by atoms with Gasteiger partial charge in [0.15, 0.2) is 0 Å². The monoisotopic (exact) mass is 362 g/mol. The van der Waals surface area contributed by atoms with Crippen LogP contribution in [0.25, 0.3) is 0 Å². The van der Waals surface area contributed by atoms with Gasteiger partial charge in [-0.15, -0.1) is 0 Å². The summed E-state index contributed by atoms with van der Waals surface area (Å²) >= 11 is 0. The zero-order chi connectivity index (χ0) is 18.4. The Kier molecular flexibility index (Phi) is 6.17. The quantitative estimate of drug-likeness (QED) is 0.792. The van der Waals surface area contributed by atoms with Gasteiger partial charge in [-0.1, -0.05) is 37.3 Å². The first-order valence-corrected chi connectivity index (χ1v) is 9.41. The minimum Gasteiger partial charge on any atom is -0.495 e. The molecule has 0 heterocycles. The second kappa shape index (κ2) is 8.13. The molecule has 134 valence electrons. The van der Waals surface area contributed by atoms with Crippen LogP contribution in [-0.2, 0) is 10.0 Å². The lowest BCUT2D eigenvalue weighted by Gasteiger charge is -2.16.